The van der Waals surface area contributed by atoms with Crippen LogP contribution in [0.5, 0.6) is 0 Å². The molecule has 3 fully saturated rings. The van der Waals surface area contributed by atoms with E-state index in [1.165, 1.54) is 25.7 Å². The number of carbonyl (C=O) groups excluding carboxylic acids is 1. The molecule has 24 heavy (non-hydrogen) atoms. The molecule has 3 rings (SSSR count). The van der Waals surface area contributed by atoms with Crippen LogP contribution in [0.2, 0.25) is 0 Å². The molecule has 1 amide bonds. The molecule has 6 atom stereocenters. The molecule has 0 spiro atoms. The Labute approximate surface area is 163 Å². The zero-order valence-corrected chi connectivity index (χ0v) is 18.2. The van der Waals surface area contributed by atoms with Gasteiger partial charge in [-0.1, -0.05) is 59.1 Å². The van der Waals surface area contributed by atoms with Crippen molar-refractivity contribution in [3.05, 3.63) is 0 Å². The normalized spacial score (nSPS) is 40.2. The Hall–Kier alpha value is 0.230. The van der Waals surface area contributed by atoms with Crippen LogP contribution in [0.4, 0.5) is 4.79 Å². The summed E-state index contributed by atoms with van der Waals surface area (Å²) in [6.45, 7) is 7.50. The molecule has 138 valence electrons. The summed E-state index contributed by atoms with van der Waals surface area (Å²) in [6.07, 6.45) is 6.96. The number of ether oxygens (including phenoxy) is 1. The highest BCUT2D eigenvalue weighted by Crippen LogP contribution is 2.70. The standard InChI is InChI=1S/C19H31Br2NO2/c1-11(2)14-5-4-12(3)8-17(14)24-18(23)22-7-6-13-9-15-16(10-13)19(15,20)21/h11-17H,4-10H2,1-3H3,(H,22,23)/t12-,13?,14+,15-,16+,17-/m1/s1. The van der Waals surface area contributed by atoms with Gasteiger partial charge in [0.2, 0.25) is 0 Å². The van der Waals surface area contributed by atoms with E-state index in [0.29, 0.717) is 17.8 Å². The lowest BCUT2D eigenvalue weighted by atomic mass is 9.75. The topological polar surface area (TPSA) is 38.3 Å². The van der Waals surface area contributed by atoms with Gasteiger partial charge in [-0.25, -0.2) is 4.79 Å². The summed E-state index contributed by atoms with van der Waals surface area (Å²) in [5.74, 6) is 4.07. The first kappa shape index (κ1) is 19.0. The maximum atomic E-state index is 12.2. The third-order valence-corrected chi connectivity index (χ3v) is 8.93. The van der Waals surface area contributed by atoms with Gasteiger partial charge in [-0.15, -0.1) is 0 Å². The fourth-order valence-corrected chi connectivity index (χ4v) is 6.72. The highest BCUT2D eigenvalue weighted by molar-refractivity contribution is 9.25. The number of fused-ring (bicyclic) bond motifs is 1. The number of carbonyl (C=O) groups is 1. The van der Waals surface area contributed by atoms with Crippen LogP contribution in [0.3, 0.4) is 0 Å². The molecule has 3 aliphatic rings. The molecule has 1 unspecified atom stereocenters. The van der Waals surface area contributed by atoms with Crippen molar-refractivity contribution in [2.45, 2.75) is 68.6 Å². The molecule has 0 aliphatic heterocycles. The molecule has 0 aromatic carbocycles. The van der Waals surface area contributed by atoms with Crippen molar-refractivity contribution >= 4 is 38.0 Å². The highest BCUT2D eigenvalue weighted by Gasteiger charge is 2.65. The summed E-state index contributed by atoms with van der Waals surface area (Å²) in [6, 6.07) is 0. The minimum absolute atomic E-state index is 0.0929. The third-order valence-electron chi connectivity index (χ3n) is 6.58. The van der Waals surface area contributed by atoms with Gasteiger partial charge in [0.25, 0.3) is 0 Å². The number of hydrogen-bond acceptors (Lipinski definition) is 2. The van der Waals surface area contributed by atoms with E-state index in [0.717, 1.165) is 37.1 Å². The van der Waals surface area contributed by atoms with E-state index in [-0.39, 0.29) is 15.4 Å². The Morgan fingerprint density at radius 3 is 2.50 bits per heavy atom. The highest BCUT2D eigenvalue weighted by atomic mass is 79.9. The second-order valence-electron chi connectivity index (χ2n) is 8.71. The minimum Gasteiger partial charge on any atom is -0.446 e. The Morgan fingerprint density at radius 1 is 1.21 bits per heavy atom. The van der Waals surface area contributed by atoms with Crippen molar-refractivity contribution in [1.29, 1.82) is 0 Å². The quantitative estimate of drug-likeness (QED) is 0.529. The predicted octanol–water partition coefficient (Wildman–Crippen LogP) is 5.71. The van der Waals surface area contributed by atoms with Gasteiger partial charge in [0.1, 0.15) is 6.10 Å². The average molecular weight is 465 g/mol. The average Bonchev–Trinajstić information content (AvgIpc) is 2.86. The maximum Gasteiger partial charge on any atom is 0.407 e. The van der Waals surface area contributed by atoms with E-state index in [1.807, 2.05) is 0 Å². The molecular formula is C19H31Br2NO2. The third kappa shape index (κ3) is 4.13. The predicted molar refractivity (Wildman–Crippen MR) is 105 cm³/mol. The summed E-state index contributed by atoms with van der Waals surface area (Å²) in [4.78, 5) is 12.2. The number of amides is 1. The first-order chi connectivity index (χ1) is 11.3. The first-order valence-corrected chi connectivity index (χ1v) is 11.2. The first-order valence-electron chi connectivity index (χ1n) is 9.61. The molecule has 0 aromatic rings. The molecular weight excluding hydrogens is 434 g/mol. The largest absolute Gasteiger partial charge is 0.446 e. The summed E-state index contributed by atoms with van der Waals surface area (Å²) in [7, 11) is 0. The monoisotopic (exact) mass is 463 g/mol. The lowest BCUT2D eigenvalue weighted by Crippen LogP contribution is -2.39. The van der Waals surface area contributed by atoms with Crippen LogP contribution in [-0.4, -0.2) is 22.0 Å². The molecule has 0 aromatic heterocycles. The van der Waals surface area contributed by atoms with Crippen molar-refractivity contribution < 1.29 is 9.53 Å². The van der Waals surface area contributed by atoms with Crippen LogP contribution in [0.1, 0.15) is 59.3 Å². The van der Waals surface area contributed by atoms with Gasteiger partial charge >= 0.3 is 6.09 Å². The fourth-order valence-electron chi connectivity index (χ4n) is 4.96. The molecule has 0 heterocycles. The molecule has 5 heteroatoms. The minimum atomic E-state index is -0.210. The van der Waals surface area contributed by atoms with E-state index < -0.39 is 0 Å². The zero-order valence-electron chi connectivity index (χ0n) is 15.1. The number of hydrogen-bond donors (Lipinski definition) is 1. The Morgan fingerprint density at radius 2 is 1.88 bits per heavy atom. The number of nitrogens with one attached hydrogen (secondary N) is 1. The molecule has 0 saturated heterocycles. The molecule has 3 saturated carbocycles. The number of rotatable bonds is 5. The smallest absolute Gasteiger partial charge is 0.407 e. The lowest BCUT2D eigenvalue weighted by Gasteiger charge is -2.36. The SMILES string of the molecule is CC(C)[C@@H]1CC[C@@H](C)C[C@H]1OC(=O)NCCC1C[C@@H]2[C@H](C1)C2(Br)Br. The van der Waals surface area contributed by atoms with Crippen LogP contribution in [0.25, 0.3) is 0 Å². The molecule has 0 bridgehead atoms. The Balaban J connectivity index is 1.36. The van der Waals surface area contributed by atoms with Crippen LogP contribution >= 0.6 is 31.9 Å². The Bertz CT molecular complexity index is 454. The van der Waals surface area contributed by atoms with Gasteiger partial charge in [-0.2, -0.15) is 0 Å². The van der Waals surface area contributed by atoms with Gasteiger partial charge in [0.05, 0.1) is 3.23 Å². The van der Waals surface area contributed by atoms with Crippen molar-refractivity contribution in [1.82, 2.24) is 5.32 Å². The van der Waals surface area contributed by atoms with E-state index >= 15 is 0 Å². The zero-order chi connectivity index (χ0) is 17.5. The molecule has 0 radical (unpaired) electrons. The number of halogens is 2. The van der Waals surface area contributed by atoms with Gasteiger partial charge in [0.15, 0.2) is 0 Å². The van der Waals surface area contributed by atoms with Crippen LogP contribution < -0.4 is 5.32 Å². The fraction of sp³-hybridized carbons (Fsp3) is 0.947. The van der Waals surface area contributed by atoms with Gasteiger partial charge in [0, 0.05) is 6.54 Å². The van der Waals surface area contributed by atoms with Gasteiger partial charge < -0.3 is 10.1 Å². The Kier molecular flexibility index (Phi) is 5.91. The van der Waals surface area contributed by atoms with Crippen LogP contribution in [-0.2, 0) is 4.74 Å². The lowest BCUT2D eigenvalue weighted by molar-refractivity contribution is 0.00613. The maximum absolute atomic E-state index is 12.2. The summed E-state index contributed by atoms with van der Waals surface area (Å²) < 4.78 is 6.03. The van der Waals surface area contributed by atoms with E-state index in [2.05, 4.69) is 57.9 Å². The van der Waals surface area contributed by atoms with Gasteiger partial charge in [-0.3, -0.25) is 0 Å². The van der Waals surface area contributed by atoms with E-state index in [9.17, 15) is 4.79 Å². The van der Waals surface area contributed by atoms with Crippen molar-refractivity contribution in [2.75, 3.05) is 6.54 Å². The van der Waals surface area contributed by atoms with Crippen molar-refractivity contribution in [2.24, 2.45) is 35.5 Å². The van der Waals surface area contributed by atoms with E-state index in [4.69, 9.17) is 4.74 Å². The van der Waals surface area contributed by atoms with Crippen LogP contribution in [0.15, 0.2) is 0 Å². The number of alkyl halides is 2. The number of alkyl carbamates (subject to hydrolysis) is 1. The second-order valence-corrected chi connectivity index (χ2v) is 12.4. The van der Waals surface area contributed by atoms with E-state index in [1.54, 1.807) is 0 Å². The summed E-state index contributed by atoms with van der Waals surface area (Å²) >= 11 is 7.50. The summed E-state index contributed by atoms with van der Waals surface area (Å²) in [5, 5.41) is 3.00. The summed E-state index contributed by atoms with van der Waals surface area (Å²) in [5.41, 5.74) is 0. The molecule has 1 N–H and O–H groups in total. The molecule has 3 aliphatic carbocycles. The van der Waals surface area contributed by atoms with Gasteiger partial charge in [-0.05, 0) is 67.6 Å². The van der Waals surface area contributed by atoms with Crippen molar-refractivity contribution in [3.63, 3.8) is 0 Å². The molecule has 3 nitrogen and oxygen atoms in total. The second kappa shape index (κ2) is 7.46. The van der Waals surface area contributed by atoms with Crippen molar-refractivity contribution in [3.8, 4) is 0 Å². The van der Waals surface area contributed by atoms with Crippen LogP contribution in [0, 0.1) is 35.5 Å².